The van der Waals surface area contributed by atoms with E-state index in [1.165, 1.54) is 0 Å². The maximum atomic E-state index is 3.83. The van der Waals surface area contributed by atoms with Gasteiger partial charge in [0.05, 0.1) is 0 Å². The van der Waals surface area contributed by atoms with Gasteiger partial charge in [-0.15, -0.1) is 12.4 Å². The molecular weight excluding hydrogens is 124 g/mol. The molecule has 0 rings (SSSR count). The standard InChI is InChI=1S/C2H6S2.ClH/c1-2(3)4;/h2-4H,1H3;1H. The van der Waals surface area contributed by atoms with E-state index >= 15 is 0 Å². The van der Waals surface area contributed by atoms with Crippen molar-refractivity contribution in [3.8, 4) is 0 Å². The molecule has 0 aliphatic carbocycles. The van der Waals surface area contributed by atoms with Gasteiger partial charge in [0.25, 0.3) is 0 Å². The van der Waals surface area contributed by atoms with Crippen molar-refractivity contribution in [2.75, 3.05) is 0 Å². The van der Waals surface area contributed by atoms with Gasteiger partial charge in [-0.25, -0.2) is 0 Å². The second kappa shape index (κ2) is 4.99. The Morgan fingerprint density at radius 2 is 1.40 bits per heavy atom. The average molecular weight is 131 g/mol. The van der Waals surface area contributed by atoms with Gasteiger partial charge in [0.15, 0.2) is 0 Å². The fraction of sp³-hybridized carbons (Fsp3) is 1.00. The van der Waals surface area contributed by atoms with Gasteiger partial charge in [-0.05, 0) is 6.92 Å². The van der Waals surface area contributed by atoms with E-state index in [0.717, 1.165) is 0 Å². The molecule has 0 aliphatic rings. The van der Waals surface area contributed by atoms with E-state index in [1.807, 2.05) is 6.92 Å². The van der Waals surface area contributed by atoms with Crippen LogP contribution in [0.3, 0.4) is 0 Å². The zero-order valence-electron chi connectivity index (χ0n) is 2.88. The number of thiol groups is 2. The predicted molar refractivity (Wildman–Crippen MR) is 34.7 cm³/mol. The molecule has 5 heavy (non-hydrogen) atoms. The van der Waals surface area contributed by atoms with Crippen molar-refractivity contribution >= 4 is 37.7 Å². The predicted octanol–water partition coefficient (Wildman–Crippen LogP) is 1.61. The molecule has 3 heteroatoms. The highest BCUT2D eigenvalue weighted by Gasteiger charge is 1.69. The summed E-state index contributed by atoms with van der Waals surface area (Å²) in [6.07, 6.45) is 0. The van der Waals surface area contributed by atoms with E-state index < -0.39 is 0 Å². The van der Waals surface area contributed by atoms with Crippen molar-refractivity contribution in [3.05, 3.63) is 0 Å². The van der Waals surface area contributed by atoms with Crippen LogP contribution in [-0.2, 0) is 0 Å². The van der Waals surface area contributed by atoms with Crippen LogP contribution in [0.1, 0.15) is 6.92 Å². The maximum absolute atomic E-state index is 3.83. The Labute approximate surface area is 49.6 Å². The van der Waals surface area contributed by atoms with E-state index in [0.29, 0.717) is 0 Å². The number of hydrogen-bond donors (Lipinski definition) is 2. The highest BCUT2D eigenvalue weighted by molar-refractivity contribution is 7.99. The lowest BCUT2D eigenvalue weighted by molar-refractivity contribution is 1.45. The molecule has 0 amide bonds. The Morgan fingerprint density at radius 3 is 1.40 bits per heavy atom. The van der Waals surface area contributed by atoms with Gasteiger partial charge in [0, 0.05) is 4.58 Å². The molecule has 0 saturated carbocycles. The molecule has 0 aromatic carbocycles. The van der Waals surface area contributed by atoms with E-state index in [-0.39, 0.29) is 17.0 Å². The van der Waals surface area contributed by atoms with Crippen molar-refractivity contribution in [1.82, 2.24) is 0 Å². The van der Waals surface area contributed by atoms with E-state index in [2.05, 4.69) is 25.3 Å². The molecule has 0 heterocycles. The number of rotatable bonds is 0. The summed E-state index contributed by atoms with van der Waals surface area (Å²) in [5.74, 6) is 0. The van der Waals surface area contributed by atoms with Crippen LogP contribution in [0.2, 0.25) is 0 Å². The summed E-state index contributed by atoms with van der Waals surface area (Å²) in [7, 11) is 0. The van der Waals surface area contributed by atoms with Crippen LogP contribution in [0.15, 0.2) is 0 Å². The monoisotopic (exact) mass is 130 g/mol. The minimum atomic E-state index is 0. The zero-order chi connectivity index (χ0) is 3.58. The summed E-state index contributed by atoms with van der Waals surface area (Å²) >= 11 is 7.66. The van der Waals surface area contributed by atoms with Crippen molar-refractivity contribution in [2.45, 2.75) is 11.5 Å². The smallest absolute Gasteiger partial charge is 0.0414 e. The summed E-state index contributed by atoms with van der Waals surface area (Å²) in [5.41, 5.74) is 0. The molecular formula is C2H7ClS2. The minimum Gasteiger partial charge on any atom is -0.166 e. The van der Waals surface area contributed by atoms with Gasteiger partial charge < -0.3 is 0 Å². The van der Waals surface area contributed by atoms with Crippen LogP contribution >= 0.6 is 37.7 Å². The third-order valence-electron chi connectivity index (χ3n) is 0. The molecule has 0 saturated heterocycles. The van der Waals surface area contributed by atoms with Crippen LogP contribution in [0, 0.1) is 0 Å². The molecule has 34 valence electrons. The Kier molecular flexibility index (Phi) is 9.35. The topological polar surface area (TPSA) is 0 Å². The summed E-state index contributed by atoms with van der Waals surface area (Å²) in [6, 6.07) is 0. The fourth-order valence-electron chi connectivity index (χ4n) is 0. The lowest BCUT2D eigenvalue weighted by Gasteiger charge is -1.78. The lowest BCUT2D eigenvalue weighted by atomic mass is 11.0. The average Bonchev–Trinajstić information content (AvgIpc) is 0.811. The molecule has 0 fully saturated rings. The van der Waals surface area contributed by atoms with Gasteiger partial charge in [0.2, 0.25) is 0 Å². The van der Waals surface area contributed by atoms with Crippen LogP contribution in [0.5, 0.6) is 0 Å². The first-order chi connectivity index (χ1) is 1.73. The second-order valence-electron chi connectivity index (χ2n) is 0.632. The Morgan fingerprint density at radius 1 is 1.40 bits per heavy atom. The highest BCUT2D eigenvalue weighted by atomic mass is 35.5. The molecule has 0 bridgehead atoms. The van der Waals surface area contributed by atoms with Crippen molar-refractivity contribution in [3.63, 3.8) is 0 Å². The van der Waals surface area contributed by atoms with Gasteiger partial charge in [-0.1, -0.05) is 0 Å². The van der Waals surface area contributed by atoms with Gasteiger partial charge in [0.1, 0.15) is 0 Å². The molecule has 0 unspecified atom stereocenters. The molecule has 0 atom stereocenters. The van der Waals surface area contributed by atoms with Crippen LogP contribution in [0.4, 0.5) is 0 Å². The molecule has 0 radical (unpaired) electrons. The molecule has 0 aromatic rings. The van der Waals surface area contributed by atoms with Crippen molar-refractivity contribution in [1.29, 1.82) is 0 Å². The molecule has 0 nitrogen and oxygen atoms in total. The number of halogens is 1. The first-order valence-corrected chi connectivity index (χ1v) is 2.13. The molecule has 0 aromatic heterocycles. The summed E-state index contributed by atoms with van der Waals surface area (Å²) in [6.45, 7) is 1.90. The first-order valence-electron chi connectivity index (χ1n) is 1.09. The summed E-state index contributed by atoms with van der Waals surface area (Å²) in [5, 5.41) is 0. The van der Waals surface area contributed by atoms with Gasteiger partial charge >= 0.3 is 0 Å². The van der Waals surface area contributed by atoms with Gasteiger partial charge in [-0.3, -0.25) is 0 Å². The third kappa shape index (κ3) is 45.5. The van der Waals surface area contributed by atoms with Crippen LogP contribution in [-0.4, -0.2) is 4.58 Å². The van der Waals surface area contributed by atoms with E-state index in [9.17, 15) is 0 Å². The Balaban J connectivity index is 0. The zero-order valence-corrected chi connectivity index (χ0v) is 5.49. The summed E-state index contributed by atoms with van der Waals surface area (Å²) in [4.78, 5) is 0. The largest absolute Gasteiger partial charge is 0.166 e. The highest BCUT2D eigenvalue weighted by Crippen LogP contribution is 1.93. The molecule has 0 aliphatic heterocycles. The Bertz CT molecular complexity index is 12.4. The maximum Gasteiger partial charge on any atom is 0.0414 e. The summed E-state index contributed by atoms with van der Waals surface area (Å²) < 4.78 is 0.222. The van der Waals surface area contributed by atoms with E-state index in [4.69, 9.17) is 0 Å². The molecule has 0 spiro atoms. The minimum absolute atomic E-state index is 0. The molecule has 0 N–H and O–H groups in total. The van der Waals surface area contributed by atoms with E-state index in [1.54, 1.807) is 0 Å². The van der Waals surface area contributed by atoms with Crippen LogP contribution in [0.25, 0.3) is 0 Å². The number of hydrogen-bond acceptors (Lipinski definition) is 2. The quantitative estimate of drug-likeness (QED) is 0.361. The Hall–Kier alpha value is 0.990. The van der Waals surface area contributed by atoms with Crippen molar-refractivity contribution < 1.29 is 0 Å². The first kappa shape index (κ1) is 9.37. The van der Waals surface area contributed by atoms with Crippen molar-refractivity contribution in [2.24, 2.45) is 0 Å². The third-order valence-corrected chi connectivity index (χ3v) is 0. The lowest BCUT2D eigenvalue weighted by Crippen LogP contribution is -1.64. The van der Waals surface area contributed by atoms with Gasteiger partial charge in [-0.2, -0.15) is 25.3 Å². The fourth-order valence-corrected chi connectivity index (χ4v) is 0. The second-order valence-corrected chi connectivity index (χ2v) is 2.59. The SMILES string of the molecule is CC(S)S.Cl. The van der Waals surface area contributed by atoms with Crippen LogP contribution < -0.4 is 0 Å². The normalized spacial score (nSPS) is 7.20.